The van der Waals surface area contributed by atoms with Gasteiger partial charge in [-0.05, 0) is 24.9 Å². The van der Waals surface area contributed by atoms with Crippen LogP contribution in [0.15, 0.2) is 30.3 Å². The van der Waals surface area contributed by atoms with Gasteiger partial charge in [0.15, 0.2) is 0 Å². The van der Waals surface area contributed by atoms with Crippen molar-refractivity contribution in [1.29, 1.82) is 0 Å². The smallest absolute Gasteiger partial charge is 0.237 e. The topological polar surface area (TPSA) is 81.7 Å². The molecule has 0 aliphatic carbocycles. The van der Waals surface area contributed by atoms with Crippen molar-refractivity contribution in [2.75, 3.05) is 32.8 Å². The number of nitrogens with zero attached hydrogens (tertiary/aromatic N) is 1. The molecule has 126 valence electrons. The fourth-order valence-corrected chi connectivity index (χ4v) is 2.83. The van der Waals surface area contributed by atoms with Gasteiger partial charge in [0.1, 0.15) is 0 Å². The van der Waals surface area contributed by atoms with Gasteiger partial charge in [0.05, 0.1) is 19.1 Å². The number of aliphatic hydroxyl groups excluding tert-OH is 1. The van der Waals surface area contributed by atoms with Crippen LogP contribution in [0, 0.1) is 0 Å². The fraction of sp³-hybridized carbons (Fsp3) is 0.529. The second-order valence-electron chi connectivity index (χ2n) is 5.71. The first-order valence-electron chi connectivity index (χ1n) is 8.14. The lowest BCUT2D eigenvalue weighted by Gasteiger charge is -2.34. The largest absolute Gasteiger partial charge is 0.395 e. The van der Waals surface area contributed by atoms with Crippen molar-refractivity contribution in [3.8, 4) is 0 Å². The van der Waals surface area contributed by atoms with Crippen LogP contribution in [-0.4, -0.2) is 60.6 Å². The van der Waals surface area contributed by atoms with Crippen molar-refractivity contribution in [3.63, 3.8) is 0 Å². The number of carbonyl (C=O) groups excluding carboxylic acids is 2. The minimum atomic E-state index is -0.418. The maximum atomic E-state index is 12.1. The molecule has 2 rings (SSSR count). The minimum absolute atomic E-state index is 0.0879. The molecule has 0 saturated carbocycles. The summed E-state index contributed by atoms with van der Waals surface area (Å²) in [5.74, 6) is -0.288. The van der Waals surface area contributed by atoms with Gasteiger partial charge >= 0.3 is 0 Å². The zero-order valence-corrected chi connectivity index (χ0v) is 13.3. The highest BCUT2D eigenvalue weighted by Gasteiger charge is 2.30. The third-order valence-corrected chi connectivity index (χ3v) is 4.01. The molecule has 3 N–H and O–H groups in total. The van der Waals surface area contributed by atoms with Crippen molar-refractivity contribution in [2.45, 2.75) is 25.3 Å². The number of hydrogen-bond acceptors (Lipinski definition) is 4. The van der Waals surface area contributed by atoms with Crippen LogP contribution in [0.1, 0.15) is 18.4 Å². The number of carbonyl (C=O) groups is 2. The highest BCUT2D eigenvalue weighted by molar-refractivity contribution is 5.88. The highest BCUT2D eigenvalue weighted by atomic mass is 16.3. The lowest BCUT2D eigenvalue weighted by atomic mass is 10.1. The molecule has 1 aromatic carbocycles. The van der Waals surface area contributed by atoms with E-state index in [1.807, 2.05) is 18.2 Å². The van der Waals surface area contributed by atoms with Crippen molar-refractivity contribution in [2.24, 2.45) is 0 Å². The molecule has 1 fully saturated rings. The summed E-state index contributed by atoms with van der Waals surface area (Å²) in [5.41, 5.74) is 1.28. The zero-order valence-electron chi connectivity index (χ0n) is 13.3. The molecular formula is C17H25N3O3. The first-order chi connectivity index (χ1) is 11.2. The van der Waals surface area contributed by atoms with E-state index in [0.717, 1.165) is 25.9 Å². The summed E-state index contributed by atoms with van der Waals surface area (Å²) >= 11 is 0. The number of hydrogen-bond donors (Lipinski definition) is 3. The van der Waals surface area contributed by atoms with E-state index < -0.39 is 6.04 Å². The molecule has 1 heterocycles. The van der Waals surface area contributed by atoms with E-state index in [2.05, 4.69) is 27.7 Å². The summed E-state index contributed by atoms with van der Waals surface area (Å²) in [6.45, 7) is 2.31. The third-order valence-electron chi connectivity index (χ3n) is 4.01. The van der Waals surface area contributed by atoms with Crippen LogP contribution in [0.3, 0.4) is 0 Å². The van der Waals surface area contributed by atoms with Crippen molar-refractivity contribution < 1.29 is 14.7 Å². The van der Waals surface area contributed by atoms with E-state index in [1.165, 1.54) is 5.56 Å². The molecule has 1 aromatic rings. The molecule has 6 nitrogen and oxygen atoms in total. The maximum absolute atomic E-state index is 12.1. The van der Waals surface area contributed by atoms with Crippen molar-refractivity contribution in [3.05, 3.63) is 35.9 Å². The summed E-state index contributed by atoms with van der Waals surface area (Å²) in [5, 5.41) is 14.2. The van der Waals surface area contributed by atoms with Crippen LogP contribution in [0.25, 0.3) is 0 Å². The Morgan fingerprint density at radius 1 is 1.35 bits per heavy atom. The van der Waals surface area contributed by atoms with Gasteiger partial charge in [0.25, 0.3) is 0 Å². The number of benzene rings is 1. The van der Waals surface area contributed by atoms with Crippen LogP contribution in [-0.2, 0) is 16.0 Å². The maximum Gasteiger partial charge on any atom is 0.237 e. The van der Waals surface area contributed by atoms with Gasteiger partial charge in [-0.15, -0.1) is 0 Å². The molecule has 1 aliphatic rings. The Kier molecular flexibility index (Phi) is 7.03. The van der Waals surface area contributed by atoms with E-state index in [4.69, 9.17) is 5.11 Å². The molecule has 0 spiro atoms. The Balaban J connectivity index is 1.84. The normalized spacial score (nSPS) is 18.5. The molecule has 6 heteroatoms. The molecule has 1 atom stereocenters. The minimum Gasteiger partial charge on any atom is -0.395 e. The van der Waals surface area contributed by atoms with E-state index >= 15 is 0 Å². The fourth-order valence-electron chi connectivity index (χ4n) is 2.83. The second-order valence-corrected chi connectivity index (χ2v) is 5.71. The molecule has 0 radical (unpaired) electrons. The van der Waals surface area contributed by atoms with E-state index in [-0.39, 0.29) is 31.4 Å². The van der Waals surface area contributed by atoms with Gasteiger partial charge in [-0.2, -0.15) is 0 Å². The molecule has 2 amide bonds. The van der Waals surface area contributed by atoms with E-state index in [1.54, 1.807) is 0 Å². The van der Waals surface area contributed by atoms with E-state index in [9.17, 15) is 9.59 Å². The lowest BCUT2D eigenvalue weighted by Crippen LogP contribution is -2.56. The number of amides is 2. The molecular weight excluding hydrogens is 294 g/mol. The van der Waals surface area contributed by atoms with Crippen molar-refractivity contribution in [1.82, 2.24) is 15.5 Å². The van der Waals surface area contributed by atoms with Gasteiger partial charge < -0.3 is 15.7 Å². The summed E-state index contributed by atoms with van der Waals surface area (Å²) in [4.78, 5) is 26.0. The van der Waals surface area contributed by atoms with Crippen LogP contribution < -0.4 is 10.6 Å². The van der Waals surface area contributed by atoms with Gasteiger partial charge in [0, 0.05) is 19.6 Å². The molecule has 1 unspecified atom stereocenters. The predicted octanol–water partition coefficient (Wildman–Crippen LogP) is -0.0818. The third kappa shape index (κ3) is 5.65. The van der Waals surface area contributed by atoms with Gasteiger partial charge in [-0.1, -0.05) is 30.3 Å². The van der Waals surface area contributed by atoms with Gasteiger partial charge in [0.2, 0.25) is 11.8 Å². The molecule has 23 heavy (non-hydrogen) atoms. The first kappa shape index (κ1) is 17.4. The SMILES string of the molecule is O=C(CC1C(=O)NCCN1CCCc1ccccc1)NCCO. The van der Waals surface area contributed by atoms with Gasteiger partial charge in [-0.25, -0.2) is 0 Å². The van der Waals surface area contributed by atoms with Crippen molar-refractivity contribution >= 4 is 11.8 Å². The van der Waals surface area contributed by atoms with E-state index in [0.29, 0.717) is 6.54 Å². The summed E-state index contributed by atoms with van der Waals surface area (Å²) in [7, 11) is 0. The number of aryl methyl sites for hydroxylation is 1. The van der Waals surface area contributed by atoms with Gasteiger partial charge in [-0.3, -0.25) is 14.5 Å². The number of piperazine rings is 1. The summed E-state index contributed by atoms with van der Waals surface area (Å²) in [6.07, 6.45) is 2.05. The van der Waals surface area contributed by atoms with Crippen LogP contribution in [0.5, 0.6) is 0 Å². The summed E-state index contributed by atoms with van der Waals surface area (Å²) in [6, 6.07) is 9.83. The molecule has 1 saturated heterocycles. The Labute approximate surface area is 136 Å². The number of rotatable bonds is 8. The molecule has 1 aliphatic heterocycles. The Bertz CT molecular complexity index is 507. The van der Waals surface area contributed by atoms with Crippen LogP contribution in [0.2, 0.25) is 0 Å². The Morgan fingerprint density at radius 3 is 2.87 bits per heavy atom. The number of nitrogens with one attached hydrogen (secondary N) is 2. The Morgan fingerprint density at radius 2 is 2.13 bits per heavy atom. The lowest BCUT2D eigenvalue weighted by molar-refractivity contribution is -0.134. The Hall–Kier alpha value is -1.92. The average Bonchev–Trinajstić information content (AvgIpc) is 2.57. The standard InChI is InChI=1S/C17H25N3O3/c21-12-9-18-16(22)13-15-17(23)19-8-11-20(15)10-4-7-14-5-2-1-3-6-14/h1-3,5-6,15,21H,4,7-13H2,(H,18,22)(H,19,23). The highest BCUT2D eigenvalue weighted by Crippen LogP contribution is 2.11. The van der Waals surface area contributed by atoms with Crippen LogP contribution >= 0.6 is 0 Å². The second kappa shape index (κ2) is 9.27. The quantitative estimate of drug-likeness (QED) is 0.626. The zero-order chi connectivity index (χ0) is 16.5. The molecule has 0 aromatic heterocycles. The monoisotopic (exact) mass is 319 g/mol. The first-order valence-corrected chi connectivity index (χ1v) is 8.14. The average molecular weight is 319 g/mol. The number of aliphatic hydroxyl groups is 1. The van der Waals surface area contributed by atoms with Crippen LogP contribution in [0.4, 0.5) is 0 Å². The molecule has 0 bridgehead atoms. The predicted molar refractivity (Wildman–Crippen MR) is 87.8 cm³/mol. The summed E-state index contributed by atoms with van der Waals surface area (Å²) < 4.78 is 0.